The molecule has 0 unspecified atom stereocenters. The van der Waals surface area contributed by atoms with Gasteiger partial charge in [0.2, 0.25) is 11.6 Å². The molecule has 0 aliphatic rings. The molecule has 128 valence electrons. The molecule has 0 aliphatic carbocycles. The van der Waals surface area contributed by atoms with E-state index in [0.29, 0.717) is 17.1 Å². The van der Waals surface area contributed by atoms with E-state index in [4.69, 9.17) is 11.5 Å². The van der Waals surface area contributed by atoms with E-state index in [-0.39, 0.29) is 17.3 Å². The Hall–Kier alpha value is -3.89. The van der Waals surface area contributed by atoms with E-state index >= 15 is 0 Å². The van der Waals surface area contributed by atoms with Crippen LogP contribution in [0, 0.1) is 6.92 Å². The Bertz CT molecular complexity index is 943. The Balaban J connectivity index is 1.71. The van der Waals surface area contributed by atoms with Crippen LogP contribution in [-0.2, 0) is 0 Å². The summed E-state index contributed by atoms with van der Waals surface area (Å²) in [4.78, 5) is 12.3. The molecule has 6 N–H and O–H groups in total. The second-order valence-corrected chi connectivity index (χ2v) is 5.09. The number of carbonyl (C=O) groups excluding carboxylic acids is 1. The lowest BCUT2D eigenvalue weighted by atomic mass is 10.1. The van der Waals surface area contributed by atoms with Gasteiger partial charge in [-0.3, -0.25) is 15.6 Å². The highest BCUT2D eigenvalue weighted by Crippen LogP contribution is 2.15. The summed E-state index contributed by atoms with van der Waals surface area (Å²) in [5.74, 6) is -0.321. The van der Waals surface area contributed by atoms with Gasteiger partial charge in [0.1, 0.15) is 0 Å². The van der Waals surface area contributed by atoms with Gasteiger partial charge < -0.3 is 11.5 Å². The molecule has 0 aliphatic heterocycles. The monoisotopic (exact) mass is 341 g/mol. The van der Waals surface area contributed by atoms with Gasteiger partial charge in [-0.2, -0.15) is 4.68 Å². The lowest BCUT2D eigenvalue weighted by Crippen LogP contribution is -2.36. The normalized spacial score (nSPS) is 10.4. The maximum Gasteiger partial charge on any atom is 0.292 e. The number of amides is 1. The third-order valence-corrected chi connectivity index (χ3v) is 3.37. The number of nitrogen functional groups attached to an aromatic ring is 2. The summed E-state index contributed by atoms with van der Waals surface area (Å²) in [6, 6.07) is 7.07. The molecular formula is C14H15N9O2. The van der Waals surface area contributed by atoms with Crippen molar-refractivity contribution in [3.05, 3.63) is 47.8 Å². The summed E-state index contributed by atoms with van der Waals surface area (Å²) >= 11 is 0. The van der Waals surface area contributed by atoms with Gasteiger partial charge in [-0.15, -0.1) is 5.10 Å². The van der Waals surface area contributed by atoms with Crippen molar-refractivity contribution >= 4 is 23.1 Å². The molecule has 0 atom stereocenters. The minimum absolute atomic E-state index is 0.0353. The summed E-state index contributed by atoms with van der Waals surface area (Å²) < 4.78 is 5.77. The number of hydrogen-bond acceptors (Lipinski definition) is 9. The summed E-state index contributed by atoms with van der Waals surface area (Å²) in [6.45, 7) is 5.48. The van der Waals surface area contributed by atoms with Gasteiger partial charge in [-0.25, -0.2) is 4.63 Å². The number of hydrogen-bond donors (Lipinski definition) is 4. The smallest absolute Gasteiger partial charge is 0.292 e. The average Bonchev–Trinajstić information content (AvgIpc) is 3.17. The van der Waals surface area contributed by atoms with Crippen LogP contribution in [0.25, 0.3) is 11.5 Å². The third-order valence-electron chi connectivity index (χ3n) is 3.37. The maximum atomic E-state index is 12.3. The predicted molar refractivity (Wildman–Crippen MR) is 88.9 cm³/mol. The molecule has 0 saturated heterocycles. The zero-order valence-electron chi connectivity index (χ0n) is 13.2. The Morgan fingerprint density at radius 1 is 1.28 bits per heavy atom. The van der Waals surface area contributed by atoms with Crippen molar-refractivity contribution in [3.63, 3.8) is 0 Å². The molecule has 11 nitrogen and oxygen atoms in total. The number of rotatable bonds is 5. The number of aromatic nitrogens is 5. The van der Waals surface area contributed by atoms with Gasteiger partial charge in [0.25, 0.3) is 5.91 Å². The number of nitrogens with one attached hydrogen (secondary N) is 2. The predicted octanol–water partition coefficient (Wildman–Crippen LogP) is 0.0284. The highest BCUT2D eigenvalue weighted by atomic mass is 16.6. The molecular weight excluding hydrogens is 326 g/mol. The first kappa shape index (κ1) is 16.0. The fourth-order valence-corrected chi connectivity index (χ4v) is 2.07. The van der Waals surface area contributed by atoms with E-state index in [9.17, 15) is 4.79 Å². The minimum atomic E-state index is -0.510. The van der Waals surface area contributed by atoms with Crippen LogP contribution in [0.3, 0.4) is 0 Å². The van der Waals surface area contributed by atoms with Crippen molar-refractivity contribution in [2.75, 3.05) is 11.5 Å². The van der Waals surface area contributed by atoms with Crippen LogP contribution >= 0.6 is 0 Å². The SMILES string of the molecule is C=C(NNC(=O)c1nnn(-c2nonc2N)c1C)c1cccc(N)c1. The number of nitrogens with two attached hydrogens (primary N) is 2. The average molecular weight is 341 g/mol. The second-order valence-electron chi connectivity index (χ2n) is 5.09. The Morgan fingerprint density at radius 2 is 2.08 bits per heavy atom. The molecule has 0 fully saturated rings. The van der Waals surface area contributed by atoms with Gasteiger partial charge in [-0.1, -0.05) is 23.9 Å². The van der Waals surface area contributed by atoms with E-state index in [1.165, 1.54) is 4.68 Å². The van der Waals surface area contributed by atoms with Crippen molar-refractivity contribution in [2.45, 2.75) is 6.92 Å². The van der Waals surface area contributed by atoms with Crippen molar-refractivity contribution < 1.29 is 9.42 Å². The van der Waals surface area contributed by atoms with Gasteiger partial charge in [0.15, 0.2) is 5.69 Å². The highest BCUT2D eigenvalue weighted by molar-refractivity contribution is 5.93. The zero-order chi connectivity index (χ0) is 18.0. The topological polar surface area (TPSA) is 163 Å². The number of nitrogens with zero attached hydrogens (tertiary/aromatic N) is 5. The van der Waals surface area contributed by atoms with Crippen LogP contribution in [-0.4, -0.2) is 31.2 Å². The van der Waals surface area contributed by atoms with Crippen LogP contribution in [0.1, 0.15) is 21.7 Å². The molecule has 1 aromatic carbocycles. The third kappa shape index (κ3) is 3.10. The van der Waals surface area contributed by atoms with E-state index in [0.717, 1.165) is 5.56 Å². The standard InChI is InChI=1S/C14H15N9O2/c1-7(9-4-3-5-10(15)6-9)17-19-14(24)11-8(2)23(22-18-11)13-12(16)20-25-21-13/h3-6,17H,1,15H2,2H3,(H2,16,20)(H,19,24). The van der Waals surface area contributed by atoms with Gasteiger partial charge in [0, 0.05) is 11.3 Å². The Morgan fingerprint density at radius 3 is 2.76 bits per heavy atom. The summed E-state index contributed by atoms with van der Waals surface area (Å²) in [5.41, 5.74) is 18.8. The highest BCUT2D eigenvalue weighted by Gasteiger charge is 2.20. The summed E-state index contributed by atoms with van der Waals surface area (Å²) in [7, 11) is 0. The lowest BCUT2D eigenvalue weighted by molar-refractivity contribution is 0.0936. The number of benzene rings is 1. The number of carbonyl (C=O) groups is 1. The van der Waals surface area contributed by atoms with E-state index in [2.05, 4.69) is 42.7 Å². The van der Waals surface area contributed by atoms with Crippen LogP contribution < -0.4 is 22.3 Å². The molecule has 0 bridgehead atoms. The van der Waals surface area contributed by atoms with Crippen LogP contribution in [0.4, 0.5) is 11.5 Å². The fourth-order valence-electron chi connectivity index (χ4n) is 2.07. The Kier molecular flexibility index (Phi) is 4.04. The van der Waals surface area contributed by atoms with Gasteiger partial charge in [-0.05, 0) is 29.4 Å². The molecule has 0 spiro atoms. The first-order valence-corrected chi connectivity index (χ1v) is 7.09. The largest absolute Gasteiger partial charge is 0.399 e. The first-order chi connectivity index (χ1) is 12.0. The van der Waals surface area contributed by atoms with E-state index in [1.807, 2.05) is 0 Å². The van der Waals surface area contributed by atoms with E-state index < -0.39 is 5.91 Å². The van der Waals surface area contributed by atoms with E-state index in [1.54, 1.807) is 31.2 Å². The van der Waals surface area contributed by atoms with Gasteiger partial charge in [0.05, 0.1) is 11.4 Å². The Labute approximate surface area is 141 Å². The molecule has 3 aromatic rings. The molecule has 2 heterocycles. The van der Waals surface area contributed by atoms with Crippen LogP contribution in [0.2, 0.25) is 0 Å². The molecule has 25 heavy (non-hydrogen) atoms. The van der Waals surface area contributed by atoms with Crippen LogP contribution in [0.5, 0.6) is 0 Å². The summed E-state index contributed by atoms with van der Waals surface area (Å²) in [5, 5.41) is 14.7. The quantitative estimate of drug-likeness (QED) is 0.370. The maximum absolute atomic E-state index is 12.3. The molecule has 11 heteroatoms. The second kappa shape index (κ2) is 6.31. The van der Waals surface area contributed by atoms with Gasteiger partial charge >= 0.3 is 0 Å². The molecule has 3 rings (SSSR count). The zero-order valence-corrected chi connectivity index (χ0v) is 13.2. The minimum Gasteiger partial charge on any atom is -0.399 e. The van der Waals surface area contributed by atoms with Crippen molar-refractivity contribution in [2.24, 2.45) is 0 Å². The molecule has 0 saturated carbocycles. The van der Waals surface area contributed by atoms with Crippen molar-refractivity contribution in [1.29, 1.82) is 0 Å². The van der Waals surface area contributed by atoms with Crippen molar-refractivity contribution in [3.8, 4) is 5.82 Å². The molecule has 1 amide bonds. The first-order valence-electron chi connectivity index (χ1n) is 7.09. The molecule has 2 aromatic heterocycles. The number of anilines is 2. The van der Waals surface area contributed by atoms with Crippen molar-refractivity contribution in [1.82, 2.24) is 36.2 Å². The number of hydrazine groups is 1. The van der Waals surface area contributed by atoms with Crippen LogP contribution in [0.15, 0.2) is 35.5 Å². The summed E-state index contributed by atoms with van der Waals surface area (Å²) in [6.07, 6.45) is 0. The molecule has 0 radical (unpaired) electrons. The fraction of sp³-hybridized carbons (Fsp3) is 0.0714. The lowest BCUT2D eigenvalue weighted by Gasteiger charge is -2.11.